The molecule has 2 rings (SSSR count). The Kier molecular flexibility index (Phi) is 3.98. The van der Waals surface area contributed by atoms with Crippen LogP contribution < -0.4 is 0 Å². The number of halogens is 2. The summed E-state index contributed by atoms with van der Waals surface area (Å²) in [7, 11) is -2.70. The van der Waals surface area contributed by atoms with Crippen molar-refractivity contribution < 1.29 is 13.4 Å². The van der Waals surface area contributed by atoms with E-state index in [1.54, 1.807) is 13.8 Å². The zero-order chi connectivity index (χ0) is 15.9. The van der Waals surface area contributed by atoms with Crippen LogP contribution in [-0.2, 0) is 0 Å². The van der Waals surface area contributed by atoms with Crippen LogP contribution in [0.2, 0.25) is 0 Å². The van der Waals surface area contributed by atoms with Gasteiger partial charge in [-0.2, -0.15) is 0 Å². The Labute approximate surface area is 123 Å². The van der Waals surface area contributed by atoms with E-state index in [0.29, 0.717) is 34.4 Å². The highest BCUT2D eigenvalue weighted by molar-refractivity contribution is 6.41. The van der Waals surface area contributed by atoms with E-state index in [9.17, 15) is 13.4 Å². The third-order valence-corrected chi connectivity index (χ3v) is 3.86. The molecule has 6 heteroatoms. The summed E-state index contributed by atoms with van der Waals surface area (Å²) in [5, 5.41) is 0. The summed E-state index contributed by atoms with van der Waals surface area (Å²) >= 11 is 0. The fourth-order valence-electron chi connectivity index (χ4n) is 2.93. The fraction of sp³-hybridized carbons (Fsp3) is 0.333. The molecule has 0 saturated heterocycles. The molecule has 1 aliphatic heterocycles. The number of allylic oxidation sites excluding steroid dienone is 3. The lowest BCUT2D eigenvalue weighted by molar-refractivity contribution is 0.112. The largest absolute Gasteiger partial charge is 0.677 e. The minimum Gasteiger partial charge on any atom is -0.328 e. The van der Waals surface area contributed by atoms with E-state index in [2.05, 4.69) is 4.99 Å². The van der Waals surface area contributed by atoms with Crippen molar-refractivity contribution >= 4 is 25.0 Å². The van der Waals surface area contributed by atoms with Crippen molar-refractivity contribution in [1.82, 2.24) is 4.48 Å². The summed E-state index contributed by atoms with van der Waals surface area (Å²) in [4.78, 5) is 15.6. The summed E-state index contributed by atoms with van der Waals surface area (Å²) in [5.41, 5.74) is 4.71. The van der Waals surface area contributed by atoms with E-state index in [0.717, 1.165) is 15.8 Å². The maximum atomic E-state index is 13.4. The van der Waals surface area contributed by atoms with Gasteiger partial charge in [-0.3, -0.25) is 18.4 Å². The van der Waals surface area contributed by atoms with Gasteiger partial charge in [-0.15, -0.1) is 0 Å². The lowest BCUT2D eigenvalue weighted by Gasteiger charge is -2.12. The lowest BCUT2D eigenvalue weighted by Crippen LogP contribution is -2.17. The topological polar surface area (TPSA) is 34.4 Å². The highest BCUT2D eigenvalue weighted by Crippen LogP contribution is 2.33. The molecule has 0 N–H and O–H groups in total. The van der Waals surface area contributed by atoms with Gasteiger partial charge in [-0.25, -0.2) is 0 Å². The average Bonchev–Trinajstić information content (AvgIpc) is 2.85. The second-order valence-corrected chi connectivity index (χ2v) is 5.29. The van der Waals surface area contributed by atoms with Gasteiger partial charge in [-0.1, -0.05) is 0 Å². The van der Waals surface area contributed by atoms with Gasteiger partial charge >= 0.3 is 7.40 Å². The number of rotatable bonds is 3. The van der Waals surface area contributed by atoms with E-state index < -0.39 is 7.40 Å². The van der Waals surface area contributed by atoms with Gasteiger partial charge in [0, 0.05) is 22.7 Å². The van der Waals surface area contributed by atoms with Gasteiger partial charge in [0.15, 0.2) is 6.29 Å². The van der Waals surface area contributed by atoms with Gasteiger partial charge < -0.3 is 4.48 Å². The lowest BCUT2D eigenvalue weighted by atomic mass is 10.0. The Morgan fingerprint density at radius 2 is 1.90 bits per heavy atom. The van der Waals surface area contributed by atoms with Gasteiger partial charge in [0.2, 0.25) is 0 Å². The smallest absolute Gasteiger partial charge is 0.328 e. The van der Waals surface area contributed by atoms with Gasteiger partial charge in [0.05, 0.1) is 5.70 Å². The van der Waals surface area contributed by atoms with Crippen molar-refractivity contribution in [1.29, 1.82) is 0 Å². The Balaban J connectivity index is 2.79. The Bertz CT molecular complexity index is 712. The van der Waals surface area contributed by atoms with Crippen LogP contribution in [0.5, 0.6) is 0 Å². The summed E-state index contributed by atoms with van der Waals surface area (Å²) in [6.45, 7) is 8.77. The zero-order valence-electron chi connectivity index (χ0n) is 12.8. The SMILES string of the molecule is CC1=CC(C)=N/C1=C(/C)c1c(C)c(C=O)c(C)n1B(F)F. The molecule has 0 atom stereocenters. The molecule has 0 fully saturated rings. The first kappa shape index (κ1) is 15.4. The van der Waals surface area contributed by atoms with Crippen molar-refractivity contribution in [2.24, 2.45) is 4.99 Å². The highest BCUT2D eigenvalue weighted by Gasteiger charge is 2.29. The molecular formula is C15H17BF2N2O. The molecule has 2 heterocycles. The zero-order valence-corrected chi connectivity index (χ0v) is 12.8. The number of aldehydes is 1. The second kappa shape index (κ2) is 5.43. The molecule has 1 aromatic rings. The van der Waals surface area contributed by atoms with Crippen molar-refractivity contribution in [3.8, 4) is 0 Å². The van der Waals surface area contributed by atoms with E-state index >= 15 is 0 Å². The molecule has 1 aliphatic rings. The summed E-state index contributed by atoms with van der Waals surface area (Å²) in [6.07, 6.45) is 2.55. The van der Waals surface area contributed by atoms with Crippen LogP contribution in [0.4, 0.5) is 8.63 Å². The van der Waals surface area contributed by atoms with E-state index in [1.807, 2.05) is 19.9 Å². The summed E-state index contributed by atoms with van der Waals surface area (Å²) < 4.78 is 27.7. The third kappa shape index (κ3) is 2.39. The van der Waals surface area contributed by atoms with Crippen molar-refractivity contribution in [2.75, 3.05) is 0 Å². The number of aliphatic imine (C=N–C) groups is 1. The molecule has 3 nitrogen and oxygen atoms in total. The van der Waals surface area contributed by atoms with Crippen LogP contribution in [0.25, 0.3) is 5.57 Å². The maximum absolute atomic E-state index is 13.4. The first-order valence-electron chi connectivity index (χ1n) is 6.69. The molecule has 21 heavy (non-hydrogen) atoms. The highest BCUT2D eigenvalue weighted by atomic mass is 19.2. The van der Waals surface area contributed by atoms with Crippen LogP contribution in [0.1, 0.15) is 48.1 Å². The number of hydrogen-bond acceptors (Lipinski definition) is 2. The van der Waals surface area contributed by atoms with Crippen LogP contribution in [-0.4, -0.2) is 23.9 Å². The van der Waals surface area contributed by atoms with Crippen molar-refractivity contribution in [3.63, 3.8) is 0 Å². The minimum absolute atomic E-state index is 0.285. The quantitative estimate of drug-likeness (QED) is 0.615. The molecule has 110 valence electrons. The predicted molar refractivity (Wildman–Crippen MR) is 82.1 cm³/mol. The molecule has 0 amide bonds. The predicted octanol–water partition coefficient (Wildman–Crippen LogP) is 3.84. The molecule has 1 aromatic heterocycles. The summed E-state index contributed by atoms with van der Waals surface area (Å²) in [5.74, 6) is 0. The van der Waals surface area contributed by atoms with Crippen LogP contribution in [0.15, 0.2) is 22.3 Å². The Morgan fingerprint density at radius 1 is 1.29 bits per heavy atom. The first-order valence-corrected chi connectivity index (χ1v) is 6.69. The van der Waals surface area contributed by atoms with Crippen LogP contribution >= 0.6 is 0 Å². The first-order chi connectivity index (χ1) is 9.79. The van der Waals surface area contributed by atoms with Gasteiger partial charge in [-0.05, 0) is 57.4 Å². The molecule has 0 aromatic carbocycles. The fourth-order valence-corrected chi connectivity index (χ4v) is 2.93. The van der Waals surface area contributed by atoms with Crippen LogP contribution in [0.3, 0.4) is 0 Å². The standard InChI is InChI=1S/C15H17BF2N2O/c1-8-6-9(2)19-14(8)11(4)15-10(3)13(7-21)12(5)20(15)16(17)18/h6-7H,1-5H3/b14-11-. The van der Waals surface area contributed by atoms with E-state index in [-0.39, 0.29) is 5.69 Å². The molecule has 0 aliphatic carbocycles. The third-order valence-electron chi connectivity index (χ3n) is 3.86. The Hall–Kier alpha value is -1.98. The number of carbonyl (C=O) groups excluding carboxylic acids is 1. The monoisotopic (exact) mass is 290 g/mol. The van der Waals surface area contributed by atoms with E-state index in [1.165, 1.54) is 6.92 Å². The molecule has 0 unspecified atom stereocenters. The van der Waals surface area contributed by atoms with E-state index in [4.69, 9.17) is 0 Å². The average molecular weight is 290 g/mol. The molecule has 0 bridgehead atoms. The minimum atomic E-state index is -2.70. The molecular weight excluding hydrogens is 273 g/mol. The maximum Gasteiger partial charge on any atom is 0.677 e. The van der Waals surface area contributed by atoms with Crippen LogP contribution in [0, 0.1) is 13.8 Å². The number of aromatic nitrogens is 1. The van der Waals surface area contributed by atoms with Crippen molar-refractivity contribution in [3.05, 3.63) is 39.9 Å². The molecule has 0 spiro atoms. The van der Waals surface area contributed by atoms with Gasteiger partial charge in [0.1, 0.15) is 0 Å². The second-order valence-electron chi connectivity index (χ2n) is 5.29. The van der Waals surface area contributed by atoms with Crippen molar-refractivity contribution in [2.45, 2.75) is 34.6 Å². The Morgan fingerprint density at radius 3 is 2.33 bits per heavy atom. The number of hydrogen-bond donors (Lipinski definition) is 0. The normalized spacial score (nSPS) is 16.7. The molecule has 0 radical (unpaired) electrons. The molecule has 0 saturated carbocycles. The summed E-state index contributed by atoms with van der Waals surface area (Å²) in [6, 6.07) is 0. The van der Waals surface area contributed by atoms with Gasteiger partial charge in [0.25, 0.3) is 0 Å². The number of nitrogens with zero attached hydrogens (tertiary/aromatic N) is 2. The number of carbonyl (C=O) groups is 1.